The van der Waals surface area contributed by atoms with Crippen LogP contribution in [-0.2, 0) is 0 Å². The molecule has 0 atom stereocenters. The summed E-state index contributed by atoms with van der Waals surface area (Å²) in [6.07, 6.45) is 0. The second-order valence-electron chi connectivity index (χ2n) is 7.62. The molecule has 3 nitrogen and oxygen atoms in total. The number of H-pyrrole nitrogens is 3. The number of rotatable bonds is 0. The van der Waals surface area contributed by atoms with E-state index in [1.165, 1.54) is 6.07 Å². The van der Waals surface area contributed by atoms with E-state index in [2.05, 4.69) is 15.0 Å². The van der Waals surface area contributed by atoms with Crippen LogP contribution in [0.5, 0.6) is 0 Å². The second-order valence-corrected chi connectivity index (χ2v) is 7.62. The maximum Gasteiger partial charge on any atom is 0.182 e. The van der Waals surface area contributed by atoms with Gasteiger partial charge in [-0.3, -0.25) is 0 Å². The highest BCUT2D eigenvalue weighted by molar-refractivity contribution is 6.39. The van der Waals surface area contributed by atoms with Crippen LogP contribution in [0.4, 0.5) is 13.2 Å². The molecule has 4 aromatic carbocycles. The lowest BCUT2D eigenvalue weighted by Gasteiger charge is -2.01. The lowest BCUT2D eigenvalue weighted by atomic mass is 10.0. The van der Waals surface area contributed by atoms with Gasteiger partial charge in [-0.15, -0.1) is 0 Å². The van der Waals surface area contributed by atoms with Crippen LogP contribution < -0.4 is 0 Å². The summed E-state index contributed by atoms with van der Waals surface area (Å²) in [4.78, 5) is 9.76. The molecule has 144 valence electrons. The molecule has 7 aromatic rings. The van der Waals surface area contributed by atoms with Crippen LogP contribution in [0.15, 0.2) is 54.6 Å². The Balaban J connectivity index is 1.92. The smallest absolute Gasteiger partial charge is 0.182 e. The fourth-order valence-electron chi connectivity index (χ4n) is 4.87. The van der Waals surface area contributed by atoms with Crippen LogP contribution in [0.25, 0.3) is 65.4 Å². The average Bonchev–Trinajstić information content (AvgIpc) is 3.42. The third-order valence-corrected chi connectivity index (χ3v) is 6.10. The van der Waals surface area contributed by atoms with Crippen molar-refractivity contribution >= 4 is 65.4 Å². The molecule has 0 fully saturated rings. The van der Waals surface area contributed by atoms with Gasteiger partial charge in [0.05, 0.1) is 27.6 Å². The monoisotopic (exact) mass is 399 g/mol. The first kappa shape index (κ1) is 15.9. The normalized spacial score (nSPS) is 12.5. The highest BCUT2D eigenvalue weighted by Crippen LogP contribution is 2.44. The zero-order chi connectivity index (χ0) is 20.1. The molecule has 7 rings (SSSR count). The predicted octanol–water partition coefficient (Wildman–Crippen LogP) is 7.01. The molecular formula is C24H12F3N3. The molecule has 0 aliphatic rings. The van der Waals surface area contributed by atoms with Gasteiger partial charge in [0.1, 0.15) is 5.82 Å². The van der Waals surface area contributed by atoms with Gasteiger partial charge in [0, 0.05) is 37.8 Å². The zero-order valence-corrected chi connectivity index (χ0v) is 15.3. The Morgan fingerprint density at radius 2 is 1.17 bits per heavy atom. The summed E-state index contributed by atoms with van der Waals surface area (Å²) in [6, 6.07) is 15.4. The second kappa shape index (κ2) is 5.16. The van der Waals surface area contributed by atoms with Gasteiger partial charge >= 0.3 is 0 Å². The lowest BCUT2D eigenvalue weighted by molar-refractivity contribution is 0.516. The molecule has 3 heterocycles. The first-order chi connectivity index (χ1) is 14.6. The highest BCUT2D eigenvalue weighted by Gasteiger charge is 2.23. The van der Waals surface area contributed by atoms with Crippen molar-refractivity contribution in [3.8, 4) is 0 Å². The summed E-state index contributed by atoms with van der Waals surface area (Å²) in [5.41, 5.74) is 3.58. The number of benzene rings is 4. The van der Waals surface area contributed by atoms with Crippen LogP contribution in [0.1, 0.15) is 0 Å². The molecule has 0 unspecified atom stereocenters. The predicted molar refractivity (Wildman–Crippen MR) is 114 cm³/mol. The number of hydrogen-bond donors (Lipinski definition) is 3. The number of para-hydroxylation sites is 2. The first-order valence-corrected chi connectivity index (χ1v) is 9.55. The summed E-state index contributed by atoms with van der Waals surface area (Å²) in [6.45, 7) is 0. The van der Waals surface area contributed by atoms with E-state index in [1.54, 1.807) is 12.1 Å². The number of hydrogen-bond acceptors (Lipinski definition) is 0. The Labute approximate surface area is 166 Å². The third kappa shape index (κ3) is 1.73. The summed E-state index contributed by atoms with van der Waals surface area (Å²) in [5.74, 6) is -2.20. The zero-order valence-electron chi connectivity index (χ0n) is 15.3. The van der Waals surface area contributed by atoms with Gasteiger partial charge in [-0.25, -0.2) is 13.2 Å². The molecule has 0 radical (unpaired) electrons. The number of fused-ring (bicyclic) bond motifs is 12. The van der Waals surface area contributed by atoms with E-state index >= 15 is 0 Å². The number of nitrogens with one attached hydrogen (secondary N) is 3. The lowest BCUT2D eigenvalue weighted by Crippen LogP contribution is -1.84. The van der Waals surface area contributed by atoms with Gasteiger partial charge in [-0.1, -0.05) is 30.3 Å². The average molecular weight is 399 g/mol. The molecule has 3 aromatic heterocycles. The van der Waals surface area contributed by atoms with Crippen molar-refractivity contribution < 1.29 is 13.2 Å². The van der Waals surface area contributed by atoms with Crippen LogP contribution in [0.3, 0.4) is 0 Å². The molecule has 0 aliphatic heterocycles. The van der Waals surface area contributed by atoms with Gasteiger partial charge in [0.15, 0.2) is 11.6 Å². The molecule has 0 saturated heterocycles. The van der Waals surface area contributed by atoms with Crippen molar-refractivity contribution in [3.05, 3.63) is 72.0 Å². The van der Waals surface area contributed by atoms with Crippen molar-refractivity contribution in [1.82, 2.24) is 15.0 Å². The van der Waals surface area contributed by atoms with Crippen molar-refractivity contribution in [3.63, 3.8) is 0 Å². The summed E-state index contributed by atoms with van der Waals surface area (Å²) in [5, 5.41) is 4.65. The summed E-state index contributed by atoms with van der Waals surface area (Å²) >= 11 is 0. The van der Waals surface area contributed by atoms with Gasteiger partial charge < -0.3 is 15.0 Å². The maximum absolute atomic E-state index is 14.7. The van der Waals surface area contributed by atoms with Crippen molar-refractivity contribution in [2.45, 2.75) is 0 Å². The van der Waals surface area contributed by atoms with Crippen molar-refractivity contribution in [2.75, 3.05) is 0 Å². The Hall–Kier alpha value is -3.93. The van der Waals surface area contributed by atoms with Crippen molar-refractivity contribution in [2.24, 2.45) is 0 Å². The molecule has 3 N–H and O–H groups in total. The highest BCUT2D eigenvalue weighted by atomic mass is 19.2. The molecule has 0 amide bonds. The van der Waals surface area contributed by atoms with E-state index in [1.807, 2.05) is 30.3 Å². The number of aromatic nitrogens is 3. The Bertz CT molecular complexity index is 1840. The van der Waals surface area contributed by atoms with E-state index in [4.69, 9.17) is 0 Å². The van der Waals surface area contributed by atoms with E-state index < -0.39 is 11.6 Å². The molecule has 0 spiro atoms. The Kier molecular flexibility index (Phi) is 2.74. The topological polar surface area (TPSA) is 47.4 Å². The summed E-state index contributed by atoms with van der Waals surface area (Å²) in [7, 11) is 0. The largest absolute Gasteiger partial charge is 0.353 e. The third-order valence-electron chi connectivity index (χ3n) is 6.10. The van der Waals surface area contributed by atoms with Crippen LogP contribution in [0.2, 0.25) is 0 Å². The van der Waals surface area contributed by atoms with Gasteiger partial charge in [0.25, 0.3) is 0 Å². The van der Waals surface area contributed by atoms with Crippen LogP contribution in [-0.4, -0.2) is 15.0 Å². The van der Waals surface area contributed by atoms with Crippen molar-refractivity contribution in [1.29, 1.82) is 0 Å². The fourth-order valence-corrected chi connectivity index (χ4v) is 4.87. The molecule has 30 heavy (non-hydrogen) atoms. The van der Waals surface area contributed by atoms with Gasteiger partial charge in [-0.2, -0.15) is 0 Å². The SMILES string of the molecule is Fc1ccc2c([nH]c3c4c5cccc(F)c5[nH]c4c4[nH]c5ccccc5c4c23)c1F. The molecule has 0 bridgehead atoms. The molecular weight excluding hydrogens is 387 g/mol. The van der Waals surface area contributed by atoms with E-state index in [-0.39, 0.29) is 11.3 Å². The van der Waals surface area contributed by atoms with E-state index in [0.29, 0.717) is 21.8 Å². The minimum absolute atomic E-state index is 0.106. The minimum atomic E-state index is -0.920. The summed E-state index contributed by atoms with van der Waals surface area (Å²) < 4.78 is 43.3. The molecule has 0 aliphatic carbocycles. The van der Waals surface area contributed by atoms with Crippen LogP contribution in [0, 0.1) is 17.5 Å². The molecule has 0 saturated carbocycles. The quantitative estimate of drug-likeness (QED) is 0.246. The van der Waals surface area contributed by atoms with E-state index in [0.717, 1.165) is 44.2 Å². The standard InChI is InChI=1S/C24H12F3N3/c25-13-9-8-12-17-16-10-4-1-2-7-15(10)28-23(16)24-18(22(17)30-21(12)19(13)27)11-5-3-6-14(26)20(11)29-24/h1-9,28-30H. The van der Waals surface area contributed by atoms with Gasteiger partial charge in [-0.05, 0) is 24.3 Å². The van der Waals surface area contributed by atoms with E-state index in [9.17, 15) is 13.2 Å². The Morgan fingerprint density at radius 1 is 0.467 bits per heavy atom. The van der Waals surface area contributed by atoms with Gasteiger partial charge in [0.2, 0.25) is 0 Å². The van der Waals surface area contributed by atoms with Crippen LogP contribution >= 0.6 is 0 Å². The number of aromatic amines is 3. The minimum Gasteiger partial charge on any atom is -0.353 e. The Morgan fingerprint density at radius 3 is 2.07 bits per heavy atom. The number of halogens is 3. The fraction of sp³-hybridized carbons (Fsp3) is 0. The first-order valence-electron chi connectivity index (χ1n) is 9.55. The maximum atomic E-state index is 14.7. The molecule has 6 heteroatoms.